The summed E-state index contributed by atoms with van der Waals surface area (Å²) in [6, 6.07) is 20.9. The quantitative estimate of drug-likeness (QED) is 0.218. The van der Waals surface area contributed by atoms with Gasteiger partial charge in [0.1, 0.15) is 0 Å². The third-order valence-corrected chi connectivity index (χ3v) is 6.39. The van der Waals surface area contributed by atoms with Crippen molar-refractivity contribution < 1.29 is 4.79 Å². The van der Waals surface area contributed by atoms with Gasteiger partial charge in [-0.05, 0) is 67.4 Å². The van der Waals surface area contributed by atoms with Gasteiger partial charge in [-0.25, -0.2) is 4.98 Å². The van der Waals surface area contributed by atoms with Crippen LogP contribution in [0.1, 0.15) is 21.5 Å². The minimum atomic E-state index is 0.0326. The number of aromatic nitrogens is 2. The molecule has 156 valence electrons. The molecule has 4 aromatic rings. The lowest BCUT2D eigenvalue weighted by molar-refractivity contribution is 0.102. The standard InChI is InChI=1S/C25H20Cl2N2OS/c1-16-3-4-17(2)23(13-16)29-14-22(18-5-9-20(26)10-6-18)28-25(29)31-15-24(30)19-7-11-21(27)12-8-19/h3-14H,15H2,1-2H3. The van der Waals surface area contributed by atoms with E-state index in [1.54, 1.807) is 24.3 Å². The predicted molar refractivity (Wildman–Crippen MR) is 130 cm³/mol. The molecule has 1 aromatic heterocycles. The molecule has 0 spiro atoms. The number of halogens is 2. The van der Waals surface area contributed by atoms with E-state index in [2.05, 4.69) is 36.6 Å². The molecule has 6 heteroatoms. The molecule has 0 fully saturated rings. The monoisotopic (exact) mass is 466 g/mol. The number of hydrogen-bond donors (Lipinski definition) is 0. The Morgan fingerprint density at radius 2 is 1.58 bits per heavy atom. The summed E-state index contributed by atoms with van der Waals surface area (Å²) in [7, 11) is 0. The molecular weight excluding hydrogens is 447 g/mol. The molecule has 0 aliphatic carbocycles. The fraction of sp³-hybridized carbons (Fsp3) is 0.120. The minimum Gasteiger partial charge on any atom is -0.294 e. The van der Waals surface area contributed by atoms with Crippen molar-refractivity contribution >= 4 is 40.7 Å². The number of aryl methyl sites for hydroxylation is 2. The number of thioether (sulfide) groups is 1. The number of carbonyl (C=O) groups is 1. The highest BCUT2D eigenvalue weighted by Crippen LogP contribution is 2.30. The van der Waals surface area contributed by atoms with Crippen LogP contribution in [-0.2, 0) is 0 Å². The Balaban J connectivity index is 1.69. The Bertz CT molecular complexity index is 1230. The van der Waals surface area contributed by atoms with Crippen molar-refractivity contribution in [3.8, 4) is 16.9 Å². The van der Waals surface area contributed by atoms with Gasteiger partial charge in [0.05, 0.1) is 17.1 Å². The first-order valence-electron chi connectivity index (χ1n) is 9.75. The molecule has 0 aliphatic rings. The van der Waals surface area contributed by atoms with Crippen LogP contribution in [0.3, 0.4) is 0 Å². The van der Waals surface area contributed by atoms with Crippen molar-refractivity contribution in [2.24, 2.45) is 0 Å². The number of imidazole rings is 1. The van der Waals surface area contributed by atoms with Crippen LogP contribution in [-0.4, -0.2) is 21.1 Å². The minimum absolute atomic E-state index is 0.0326. The first-order chi connectivity index (χ1) is 14.9. The van der Waals surface area contributed by atoms with E-state index in [0.717, 1.165) is 33.2 Å². The van der Waals surface area contributed by atoms with Crippen molar-refractivity contribution in [1.29, 1.82) is 0 Å². The predicted octanol–water partition coefficient (Wildman–Crippen LogP) is 7.44. The highest BCUT2D eigenvalue weighted by Gasteiger charge is 2.16. The average molecular weight is 467 g/mol. The zero-order chi connectivity index (χ0) is 22.0. The molecule has 0 saturated carbocycles. The van der Waals surface area contributed by atoms with Gasteiger partial charge in [-0.1, -0.05) is 59.2 Å². The lowest BCUT2D eigenvalue weighted by atomic mass is 10.1. The lowest BCUT2D eigenvalue weighted by Gasteiger charge is -2.11. The Kier molecular flexibility index (Phi) is 6.51. The van der Waals surface area contributed by atoms with E-state index in [1.165, 1.54) is 11.8 Å². The first-order valence-corrected chi connectivity index (χ1v) is 11.5. The van der Waals surface area contributed by atoms with Crippen molar-refractivity contribution in [3.63, 3.8) is 0 Å². The topological polar surface area (TPSA) is 34.9 Å². The van der Waals surface area contributed by atoms with Crippen LogP contribution in [0.15, 0.2) is 78.1 Å². The Morgan fingerprint density at radius 1 is 0.935 bits per heavy atom. The number of nitrogens with zero attached hydrogens (tertiary/aromatic N) is 2. The van der Waals surface area contributed by atoms with E-state index < -0.39 is 0 Å². The van der Waals surface area contributed by atoms with Crippen LogP contribution < -0.4 is 0 Å². The summed E-state index contributed by atoms with van der Waals surface area (Å²) in [5.41, 5.74) is 5.79. The number of ketones is 1. The van der Waals surface area contributed by atoms with Gasteiger partial charge in [0, 0.05) is 27.4 Å². The van der Waals surface area contributed by atoms with Gasteiger partial charge in [-0.15, -0.1) is 0 Å². The maximum Gasteiger partial charge on any atom is 0.173 e. The summed E-state index contributed by atoms with van der Waals surface area (Å²) in [6.07, 6.45) is 2.01. The Hall–Kier alpha value is -2.53. The van der Waals surface area contributed by atoms with E-state index in [-0.39, 0.29) is 11.5 Å². The second-order valence-corrected chi connectivity index (χ2v) is 9.11. The molecule has 0 saturated heterocycles. The molecule has 0 radical (unpaired) electrons. The molecule has 0 aliphatic heterocycles. The fourth-order valence-corrected chi connectivity index (χ4v) is 4.36. The van der Waals surface area contributed by atoms with Gasteiger partial charge in [0.15, 0.2) is 10.9 Å². The number of hydrogen-bond acceptors (Lipinski definition) is 3. The summed E-state index contributed by atoms with van der Waals surface area (Å²) in [5.74, 6) is 0.314. The normalized spacial score (nSPS) is 11.0. The third kappa shape index (κ3) is 5.04. The van der Waals surface area contributed by atoms with Crippen LogP contribution in [0.5, 0.6) is 0 Å². The second kappa shape index (κ2) is 9.31. The maximum absolute atomic E-state index is 12.7. The van der Waals surface area contributed by atoms with Gasteiger partial charge in [0.25, 0.3) is 0 Å². The van der Waals surface area contributed by atoms with Crippen LogP contribution in [0.4, 0.5) is 0 Å². The summed E-state index contributed by atoms with van der Waals surface area (Å²) < 4.78 is 2.06. The molecule has 4 rings (SSSR count). The van der Waals surface area contributed by atoms with Crippen molar-refractivity contribution in [2.45, 2.75) is 19.0 Å². The summed E-state index contributed by atoms with van der Waals surface area (Å²) >= 11 is 13.4. The maximum atomic E-state index is 12.7. The molecule has 3 nitrogen and oxygen atoms in total. The Morgan fingerprint density at radius 3 is 2.26 bits per heavy atom. The number of rotatable bonds is 6. The van der Waals surface area contributed by atoms with E-state index in [9.17, 15) is 4.79 Å². The van der Waals surface area contributed by atoms with E-state index >= 15 is 0 Å². The highest BCUT2D eigenvalue weighted by atomic mass is 35.5. The average Bonchev–Trinajstić information content (AvgIpc) is 3.18. The molecule has 1 heterocycles. The highest BCUT2D eigenvalue weighted by molar-refractivity contribution is 7.99. The van der Waals surface area contributed by atoms with Gasteiger partial charge >= 0.3 is 0 Å². The Labute approximate surface area is 196 Å². The molecule has 31 heavy (non-hydrogen) atoms. The summed E-state index contributed by atoms with van der Waals surface area (Å²) in [4.78, 5) is 17.5. The smallest absolute Gasteiger partial charge is 0.173 e. The largest absolute Gasteiger partial charge is 0.294 e. The zero-order valence-electron chi connectivity index (χ0n) is 17.1. The zero-order valence-corrected chi connectivity index (χ0v) is 19.4. The summed E-state index contributed by atoms with van der Waals surface area (Å²) in [6.45, 7) is 4.14. The van der Waals surface area contributed by atoms with Gasteiger partial charge in [-0.3, -0.25) is 9.36 Å². The van der Waals surface area contributed by atoms with E-state index in [1.807, 2.05) is 30.5 Å². The van der Waals surface area contributed by atoms with Gasteiger partial charge < -0.3 is 0 Å². The van der Waals surface area contributed by atoms with Crippen LogP contribution >= 0.6 is 35.0 Å². The van der Waals surface area contributed by atoms with Crippen LogP contribution in [0.2, 0.25) is 10.0 Å². The number of carbonyl (C=O) groups excluding carboxylic acids is 1. The molecular formula is C25H20Cl2N2OS. The lowest BCUT2D eigenvalue weighted by Crippen LogP contribution is -2.04. The fourth-order valence-electron chi connectivity index (χ4n) is 3.23. The van der Waals surface area contributed by atoms with Crippen molar-refractivity contribution in [2.75, 3.05) is 5.75 Å². The van der Waals surface area contributed by atoms with Crippen LogP contribution in [0.25, 0.3) is 16.9 Å². The van der Waals surface area contributed by atoms with Gasteiger partial charge in [-0.2, -0.15) is 0 Å². The van der Waals surface area contributed by atoms with Gasteiger partial charge in [0.2, 0.25) is 0 Å². The first kappa shape index (κ1) is 21.7. The molecule has 0 N–H and O–H groups in total. The third-order valence-electron chi connectivity index (χ3n) is 4.94. The molecule has 0 unspecified atom stereocenters. The second-order valence-electron chi connectivity index (χ2n) is 7.29. The van der Waals surface area contributed by atoms with Crippen molar-refractivity contribution in [3.05, 3.63) is 99.7 Å². The SMILES string of the molecule is Cc1ccc(C)c(-n2cc(-c3ccc(Cl)cc3)nc2SCC(=O)c2ccc(Cl)cc2)c1. The van der Waals surface area contributed by atoms with Crippen molar-refractivity contribution in [1.82, 2.24) is 9.55 Å². The molecule has 0 bridgehead atoms. The molecule has 0 amide bonds. The molecule has 0 atom stereocenters. The molecule has 3 aromatic carbocycles. The van der Waals surface area contributed by atoms with E-state index in [0.29, 0.717) is 15.6 Å². The van der Waals surface area contributed by atoms with Crippen LogP contribution in [0, 0.1) is 13.8 Å². The number of Topliss-reactive ketones (excluding diaryl/α,β-unsaturated/α-hetero) is 1. The number of benzene rings is 3. The van der Waals surface area contributed by atoms with E-state index in [4.69, 9.17) is 28.2 Å². The summed E-state index contributed by atoms with van der Waals surface area (Å²) in [5, 5.41) is 2.06.